The van der Waals surface area contributed by atoms with Crippen molar-refractivity contribution in [2.45, 2.75) is 37.7 Å². The lowest BCUT2D eigenvalue weighted by Gasteiger charge is -2.34. The molecule has 2 aliphatic heterocycles. The predicted molar refractivity (Wildman–Crippen MR) is 155 cm³/mol. The minimum atomic E-state index is -3.63. The standard InChI is InChI=1S/C28H37N5O4S2/c1-20-17-21(2)26-25(18-20)30-28(38-26)33-14-12-32(13-15-33)11-10-29-27(34)22-6-8-24(9-7-22)39(35,36)31(3)19-23-5-4-16-37-23/h6-9,17-18,23H,4-5,10-16,19H2,1-3H3,(H,29,34). The van der Waals surface area contributed by atoms with E-state index in [2.05, 4.69) is 41.1 Å². The second-order valence-corrected chi connectivity index (χ2v) is 13.5. The van der Waals surface area contributed by atoms with Gasteiger partial charge in [0.1, 0.15) is 0 Å². The van der Waals surface area contributed by atoms with Crippen LogP contribution in [0.1, 0.15) is 34.3 Å². The molecule has 0 saturated carbocycles. The van der Waals surface area contributed by atoms with Crippen molar-refractivity contribution in [1.82, 2.24) is 19.5 Å². The van der Waals surface area contributed by atoms with Gasteiger partial charge >= 0.3 is 0 Å². The number of aromatic nitrogens is 1. The molecule has 0 spiro atoms. The summed E-state index contributed by atoms with van der Waals surface area (Å²) in [5.41, 5.74) is 4.04. The summed E-state index contributed by atoms with van der Waals surface area (Å²) < 4.78 is 33.9. The Kier molecular flexibility index (Phi) is 8.53. The molecule has 1 aromatic heterocycles. The number of carbonyl (C=O) groups is 1. The molecule has 3 aromatic rings. The SMILES string of the molecule is Cc1cc(C)c2sc(N3CCN(CCNC(=O)c4ccc(S(=O)(=O)N(C)CC5CCCO5)cc4)CC3)nc2c1. The molecule has 1 atom stereocenters. The van der Waals surface area contributed by atoms with Gasteiger partial charge in [-0.25, -0.2) is 13.4 Å². The molecule has 3 heterocycles. The maximum atomic E-state index is 12.9. The number of anilines is 1. The molecule has 0 radical (unpaired) electrons. The van der Waals surface area contributed by atoms with E-state index >= 15 is 0 Å². The first-order valence-corrected chi connectivity index (χ1v) is 15.8. The highest BCUT2D eigenvalue weighted by Gasteiger charge is 2.26. The fourth-order valence-corrected chi connectivity index (χ4v) is 7.49. The number of aryl methyl sites for hydroxylation is 2. The average Bonchev–Trinajstić information content (AvgIpc) is 3.59. The Morgan fingerprint density at radius 3 is 2.59 bits per heavy atom. The number of hydrogen-bond donors (Lipinski definition) is 1. The second-order valence-electron chi connectivity index (χ2n) is 10.5. The zero-order chi connectivity index (χ0) is 27.6. The molecule has 0 aliphatic carbocycles. The number of nitrogens with one attached hydrogen (secondary N) is 1. The minimum Gasteiger partial charge on any atom is -0.377 e. The summed E-state index contributed by atoms with van der Waals surface area (Å²) in [6.07, 6.45) is 1.78. The molecular formula is C28H37N5O4S2. The van der Waals surface area contributed by atoms with Crippen molar-refractivity contribution in [3.8, 4) is 0 Å². The summed E-state index contributed by atoms with van der Waals surface area (Å²) in [4.78, 5) is 22.4. The van der Waals surface area contributed by atoms with Crippen molar-refractivity contribution in [3.05, 3.63) is 53.1 Å². The summed E-state index contributed by atoms with van der Waals surface area (Å²) in [7, 11) is -2.06. The number of benzene rings is 2. The third kappa shape index (κ3) is 6.44. The molecule has 5 rings (SSSR count). The first kappa shape index (κ1) is 28.0. The van der Waals surface area contributed by atoms with Gasteiger partial charge in [-0.05, 0) is 68.1 Å². The smallest absolute Gasteiger partial charge is 0.251 e. The number of amides is 1. The fourth-order valence-electron chi connectivity index (χ4n) is 5.22. The lowest BCUT2D eigenvalue weighted by Crippen LogP contribution is -2.48. The van der Waals surface area contributed by atoms with Crippen LogP contribution < -0.4 is 10.2 Å². The van der Waals surface area contributed by atoms with E-state index in [9.17, 15) is 13.2 Å². The van der Waals surface area contributed by atoms with E-state index in [0.29, 0.717) is 25.3 Å². The van der Waals surface area contributed by atoms with Crippen molar-refractivity contribution in [2.24, 2.45) is 0 Å². The number of hydrogen-bond acceptors (Lipinski definition) is 8. The van der Waals surface area contributed by atoms with Crippen molar-refractivity contribution in [1.29, 1.82) is 0 Å². The number of rotatable bonds is 9. The van der Waals surface area contributed by atoms with Crippen LogP contribution in [0.3, 0.4) is 0 Å². The monoisotopic (exact) mass is 571 g/mol. The van der Waals surface area contributed by atoms with Crippen LogP contribution in [0.15, 0.2) is 41.3 Å². The van der Waals surface area contributed by atoms with E-state index in [4.69, 9.17) is 9.72 Å². The highest BCUT2D eigenvalue weighted by atomic mass is 32.2. The average molecular weight is 572 g/mol. The highest BCUT2D eigenvalue weighted by molar-refractivity contribution is 7.89. The number of fused-ring (bicyclic) bond motifs is 1. The van der Waals surface area contributed by atoms with Gasteiger partial charge in [-0.2, -0.15) is 4.31 Å². The molecule has 2 saturated heterocycles. The van der Waals surface area contributed by atoms with Gasteiger partial charge in [0, 0.05) is 65.0 Å². The first-order chi connectivity index (χ1) is 18.7. The summed E-state index contributed by atoms with van der Waals surface area (Å²) in [6.45, 7) is 10.2. The third-order valence-electron chi connectivity index (χ3n) is 7.47. The molecule has 1 amide bonds. The van der Waals surface area contributed by atoms with E-state index in [1.165, 1.54) is 32.3 Å². The molecule has 2 aliphatic rings. The van der Waals surface area contributed by atoms with Gasteiger partial charge in [-0.1, -0.05) is 17.4 Å². The molecule has 0 bridgehead atoms. The zero-order valence-electron chi connectivity index (χ0n) is 22.9. The highest BCUT2D eigenvalue weighted by Crippen LogP contribution is 2.32. The van der Waals surface area contributed by atoms with Gasteiger partial charge in [0.05, 0.1) is 21.2 Å². The molecule has 11 heteroatoms. The summed E-state index contributed by atoms with van der Waals surface area (Å²) in [6, 6.07) is 10.5. The molecule has 210 valence electrons. The normalized spacial score (nSPS) is 18.8. The van der Waals surface area contributed by atoms with Gasteiger partial charge in [0.15, 0.2) is 5.13 Å². The Labute approximate surface area is 234 Å². The Balaban J connectivity index is 1.07. The summed E-state index contributed by atoms with van der Waals surface area (Å²) >= 11 is 1.76. The van der Waals surface area contributed by atoms with Crippen LogP contribution in [-0.2, 0) is 14.8 Å². The maximum Gasteiger partial charge on any atom is 0.251 e. The largest absolute Gasteiger partial charge is 0.377 e. The minimum absolute atomic E-state index is 0.0566. The zero-order valence-corrected chi connectivity index (χ0v) is 24.5. The third-order valence-corrected chi connectivity index (χ3v) is 10.6. The summed E-state index contributed by atoms with van der Waals surface area (Å²) in [5.74, 6) is -0.203. The number of carbonyl (C=O) groups excluding carboxylic acids is 1. The molecule has 9 nitrogen and oxygen atoms in total. The van der Waals surface area contributed by atoms with Gasteiger partial charge in [0.25, 0.3) is 5.91 Å². The second kappa shape index (κ2) is 11.9. The fraction of sp³-hybridized carbons (Fsp3) is 0.500. The summed E-state index contributed by atoms with van der Waals surface area (Å²) in [5, 5.41) is 4.05. The first-order valence-electron chi connectivity index (χ1n) is 13.5. The Bertz CT molecular complexity index is 1410. The molecule has 39 heavy (non-hydrogen) atoms. The number of sulfonamides is 1. The van der Waals surface area contributed by atoms with Crippen molar-refractivity contribution in [3.63, 3.8) is 0 Å². The van der Waals surface area contributed by atoms with Gasteiger partial charge < -0.3 is 15.0 Å². The van der Waals surface area contributed by atoms with Crippen LogP contribution in [0.25, 0.3) is 10.2 Å². The van der Waals surface area contributed by atoms with Gasteiger partial charge in [0.2, 0.25) is 10.0 Å². The molecule has 1 unspecified atom stereocenters. The van der Waals surface area contributed by atoms with Crippen LogP contribution >= 0.6 is 11.3 Å². The Hall–Kier alpha value is -2.57. The number of ether oxygens (including phenoxy) is 1. The molecule has 2 fully saturated rings. The Morgan fingerprint density at radius 2 is 1.90 bits per heavy atom. The van der Waals surface area contributed by atoms with Gasteiger partial charge in [-0.3, -0.25) is 9.69 Å². The molecule has 2 aromatic carbocycles. The molecule has 1 N–H and O–H groups in total. The lowest BCUT2D eigenvalue weighted by atomic mass is 10.1. The van der Waals surface area contributed by atoms with E-state index in [1.54, 1.807) is 30.5 Å². The van der Waals surface area contributed by atoms with Crippen LogP contribution in [0.4, 0.5) is 5.13 Å². The number of nitrogens with zero attached hydrogens (tertiary/aromatic N) is 4. The van der Waals surface area contributed by atoms with Crippen LogP contribution in [-0.4, -0.2) is 94.1 Å². The van der Waals surface area contributed by atoms with Crippen molar-refractivity contribution < 1.29 is 17.9 Å². The number of likely N-dealkylation sites (N-methyl/N-ethyl adjacent to an activating group) is 1. The van der Waals surface area contributed by atoms with E-state index in [1.807, 2.05) is 0 Å². The van der Waals surface area contributed by atoms with E-state index in [-0.39, 0.29) is 16.9 Å². The topological polar surface area (TPSA) is 95.1 Å². The van der Waals surface area contributed by atoms with E-state index < -0.39 is 10.0 Å². The van der Waals surface area contributed by atoms with Crippen LogP contribution in [0, 0.1) is 13.8 Å². The van der Waals surface area contributed by atoms with Gasteiger partial charge in [-0.15, -0.1) is 0 Å². The van der Waals surface area contributed by atoms with E-state index in [0.717, 1.165) is 56.2 Å². The maximum absolute atomic E-state index is 12.9. The number of piperazine rings is 1. The Morgan fingerprint density at radius 1 is 1.15 bits per heavy atom. The molecular weight excluding hydrogens is 534 g/mol. The lowest BCUT2D eigenvalue weighted by molar-refractivity contribution is 0.0947. The quantitative estimate of drug-likeness (QED) is 0.421. The van der Waals surface area contributed by atoms with Crippen molar-refractivity contribution >= 4 is 42.6 Å². The number of thiazole rings is 1. The van der Waals surface area contributed by atoms with Crippen LogP contribution in [0.2, 0.25) is 0 Å². The van der Waals surface area contributed by atoms with Crippen LogP contribution in [0.5, 0.6) is 0 Å². The van der Waals surface area contributed by atoms with Crippen molar-refractivity contribution in [2.75, 3.05) is 64.4 Å². The predicted octanol–water partition coefficient (Wildman–Crippen LogP) is 3.26.